The smallest absolute Gasteiger partial charge is 0.318 e. The van der Waals surface area contributed by atoms with Crippen molar-refractivity contribution in [2.24, 2.45) is 5.73 Å². The summed E-state index contributed by atoms with van der Waals surface area (Å²) in [5.74, 6) is 0.802. The van der Waals surface area contributed by atoms with Gasteiger partial charge in [-0.2, -0.15) is 0 Å². The summed E-state index contributed by atoms with van der Waals surface area (Å²) in [5.41, 5.74) is 5.32. The van der Waals surface area contributed by atoms with Gasteiger partial charge in [0.05, 0.1) is 11.9 Å². The first-order valence-corrected chi connectivity index (χ1v) is 5.25. The number of esters is 1. The van der Waals surface area contributed by atoms with Crippen LogP contribution in [0.15, 0.2) is 0 Å². The molecule has 4 heteroatoms. The van der Waals surface area contributed by atoms with Crippen LogP contribution in [0, 0.1) is 0 Å². The molecule has 0 aromatic rings. The van der Waals surface area contributed by atoms with Crippen molar-refractivity contribution in [2.75, 3.05) is 18.9 Å². The van der Waals surface area contributed by atoms with Crippen LogP contribution in [-0.4, -0.2) is 30.1 Å². The van der Waals surface area contributed by atoms with Gasteiger partial charge >= 0.3 is 5.97 Å². The standard InChI is InChI=1S/C8H17NO2S/c1-3-11-8(10)7(2)12-6-4-5-9/h7H,3-6,9H2,1-2H3. The predicted molar refractivity (Wildman–Crippen MR) is 52.2 cm³/mol. The fourth-order valence-electron chi connectivity index (χ4n) is 0.671. The third kappa shape index (κ3) is 5.43. The van der Waals surface area contributed by atoms with Crippen molar-refractivity contribution in [2.45, 2.75) is 25.5 Å². The highest BCUT2D eigenvalue weighted by atomic mass is 32.2. The second-order valence-electron chi connectivity index (χ2n) is 2.41. The van der Waals surface area contributed by atoms with E-state index >= 15 is 0 Å². The van der Waals surface area contributed by atoms with Crippen LogP contribution in [0.4, 0.5) is 0 Å². The van der Waals surface area contributed by atoms with Gasteiger partial charge in [0.1, 0.15) is 0 Å². The first-order chi connectivity index (χ1) is 5.72. The van der Waals surface area contributed by atoms with Crippen molar-refractivity contribution >= 4 is 17.7 Å². The Bertz CT molecular complexity index is 130. The maximum atomic E-state index is 11.1. The molecule has 0 saturated carbocycles. The van der Waals surface area contributed by atoms with E-state index in [-0.39, 0.29) is 11.2 Å². The second-order valence-corrected chi connectivity index (χ2v) is 3.86. The van der Waals surface area contributed by atoms with Crippen molar-refractivity contribution in [3.8, 4) is 0 Å². The molecule has 2 N–H and O–H groups in total. The van der Waals surface area contributed by atoms with E-state index in [1.807, 2.05) is 13.8 Å². The number of hydrogen-bond donors (Lipinski definition) is 1. The second kappa shape index (κ2) is 7.43. The first kappa shape index (κ1) is 11.8. The third-order valence-electron chi connectivity index (χ3n) is 1.33. The summed E-state index contributed by atoms with van der Waals surface area (Å²) in [6.45, 7) is 4.82. The van der Waals surface area contributed by atoms with Crippen LogP contribution in [0.3, 0.4) is 0 Å². The Labute approximate surface area is 78.0 Å². The van der Waals surface area contributed by atoms with Crippen molar-refractivity contribution in [1.29, 1.82) is 0 Å². The minimum Gasteiger partial charge on any atom is -0.465 e. The number of thioether (sulfide) groups is 1. The van der Waals surface area contributed by atoms with Gasteiger partial charge in [-0.25, -0.2) is 0 Å². The van der Waals surface area contributed by atoms with E-state index in [2.05, 4.69) is 0 Å². The van der Waals surface area contributed by atoms with Crippen molar-refractivity contribution in [1.82, 2.24) is 0 Å². The molecule has 0 saturated heterocycles. The number of carbonyl (C=O) groups excluding carboxylic acids is 1. The zero-order chi connectivity index (χ0) is 9.40. The lowest BCUT2D eigenvalue weighted by atomic mass is 10.5. The predicted octanol–water partition coefficient (Wildman–Crippen LogP) is 1.02. The Kier molecular flexibility index (Phi) is 7.29. The molecule has 0 aromatic heterocycles. The maximum absolute atomic E-state index is 11.1. The summed E-state index contributed by atoms with van der Waals surface area (Å²) in [5, 5.41) is -0.0588. The molecule has 0 heterocycles. The molecule has 0 amide bonds. The third-order valence-corrected chi connectivity index (χ3v) is 2.55. The van der Waals surface area contributed by atoms with Crippen LogP contribution >= 0.6 is 11.8 Å². The highest BCUT2D eigenvalue weighted by Gasteiger charge is 2.12. The van der Waals surface area contributed by atoms with Crippen LogP contribution in [0.25, 0.3) is 0 Å². The van der Waals surface area contributed by atoms with E-state index in [9.17, 15) is 4.79 Å². The lowest BCUT2D eigenvalue weighted by Gasteiger charge is -2.08. The number of ether oxygens (including phenoxy) is 1. The average Bonchev–Trinajstić information content (AvgIpc) is 2.05. The van der Waals surface area contributed by atoms with E-state index in [1.165, 1.54) is 0 Å². The molecule has 1 unspecified atom stereocenters. The molecule has 1 atom stereocenters. The highest BCUT2D eigenvalue weighted by molar-refractivity contribution is 8.00. The van der Waals surface area contributed by atoms with Gasteiger partial charge in [0.25, 0.3) is 0 Å². The molecule has 0 aliphatic carbocycles. The molecule has 0 radical (unpaired) electrons. The lowest BCUT2D eigenvalue weighted by Crippen LogP contribution is -2.17. The minimum absolute atomic E-state index is 0.0588. The van der Waals surface area contributed by atoms with Crippen molar-refractivity contribution in [3.05, 3.63) is 0 Å². The van der Waals surface area contributed by atoms with Crippen molar-refractivity contribution in [3.63, 3.8) is 0 Å². The first-order valence-electron chi connectivity index (χ1n) is 4.20. The van der Waals surface area contributed by atoms with E-state index in [0.29, 0.717) is 13.2 Å². The Balaban J connectivity index is 3.42. The Morgan fingerprint density at radius 1 is 1.67 bits per heavy atom. The van der Waals surface area contributed by atoms with E-state index in [0.717, 1.165) is 12.2 Å². The fraction of sp³-hybridized carbons (Fsp3) is 0.875. The van der Waals surface area contributed by atoms with Gasteiger partial charge in [-0.05, 0) is 32.6 Å². The average molecular weight is 191 g/mol. The molecule has 0 aliphatic heterocycles. The summed E-state index contributed by atoms with van der Waals surface area (Å²) in [6.07, 6.45) is 0.953. The molecule has 0 bridgehead atoms. The van der Waals surface area contributed by atoms with Gasteiger partial charge in [0.2, 0.25) is 0 Å². The molecule has 0 fully saturated rings. The summed E-state index contributed by atoms with van der Waals surface area (Å²) in [7, 11) is 0. The zero-order valence-electron chi connectivity index (χ0n) is 7.71. The van der Waals surface area contributed by atoms with E-state index in [4.69, 9.17) is 10.5 Å². The summed E-state index contributed by atoms with van der Waals surface area (Å²) in [4.78, 5) is 11.1. The number of hydrogen-bond acceptors (Lipinski definition) is 4. The monoisotopic (exact) mass is 191 g/mol. The number of nitrogens with two attached hydrogens (primary N) is 1. The topological polar surface area (TPSA) is 52.3 Å². The van der Waals surface area contributed by atoms with E-state index < -0.39 is 0 Å². The zero-order valence-corrected chi connectivity index (χ0v) is 8.52. The Morgan fingerprint density at radius 3 is 2.83 bits per heavy atom. The molecular formula is C8H17NO2S. The molecule has 0 rings (SSSR count). The lowest BCUT2D eigenvalue weighted by molar-refractivity contribution is -0.142. The fourth-order valence-corrected chi connectivity index (χ4v) is 1.56. The normalized spacial score (nSPS) is 12.6. The molecule has 3 nitrogen and oxygen atoms in total. The Hall–Kier alpha value is -0.220. The quantitative estimate of drug-likeness (QED) is 0.503. The molecule has 12 heavy (non-hydrogen) atoms. The van der Waals surface area contributed by atoms with Crippen LogP contribution in [0.5, 0.6) is 0 Å². The molecule has 0 aromatic carbocycles. The summed E-state index contributed by atoms with van der Waals surface area (Å²) < 4.78 is 4.84. The number of carbonyl (C=O) groups is 1. The largest absolute Gasteiger partial charge is 0.465 e. The molecule has 0 aliphatic rings. The Morgan fingerprint density at radius 2 is 2.33 bits per heavy atom. The van der Waals surface area contributed by atoms with Gasteiger partial charge in [-0.1, -0.05) is 0 Å². The van der Waals surface area contributed by atoms with Crippen LogP contribution in [0.1, 0.15) is 20.3 Å². The SMILES string of the molecule is CCOC(=O)C(C)SCCCN. The van der Waals surface area contributed by atoms with Gasteiger partial charge in [-0.3, -0.25) is 4.79 Å². The van der Waals surface area contributed by atoms with Crippen LogP contribution in [-0.2, 0) is 9.53 Å². The van der Waals surface area contributed by atoms with E-state index in [1.54, 1.807) is 11.8 Å². The maximum Gasteiger partial charge on any atom is 0.318 e. The molecule has 72 valence electrons. The van der Waals surface area contributed by atoms with Gasteiger partial charge in [0, 0.05) is 0 Å². The van der Waals surface area contributed by atoms with Gasteiger partial charge in [-0.15, -0.1) is 11.8 Å². The highest BCUT2D eigenvalue weighted by Crippen LogP contribution is 2.12. The van der Waals surface area contributed by atoms with Crippen LogP contribution in [0.2, 0.25) is 0 Å². The summed E-state index contributed by atoms with van der Waals surface area (Å²) >= 11 is 1.59. The summed E-state index contributed by atoms with van der Waals surface area (Å²) in [6, 6.07) is 0. The van der Waals surface area contributed by atoms with Gasteiger partial charge < -0.3 is 10.5 Å². The van der Waals surface area contributed by atoms with Crippen molar-refractivity contribution < 1.29 is 9.53 Å². The van der Waals surface area contributed by atoms with Gasteiger partial charge in [0.15, 0.2) is 0 Å². The molecule has 0 spiro atoms. The minimum atomic E-state index is -0.125. The molecular weight excluding hydrogens is 174 g/mol. The number of rotatable bonds is 6. The van der Waals surface area contributed by atoms with Crippen LogP contribution < -0.4 is 5.73 Å².